The van der Waals surface area contributed by atoms with Crippen molar-refractivity contribution in [1.82, 2.24) is 0 Å². The molecule has 102 valence electrons. The van der Waals surface area contributed by atoms with Gasteiger partial charge >= 0.3 is 0 Å². The van der Waals surface area contributed by atoms with E-state index < -0.39 is 11.7 Å². The molecule has 0 saturated carbocycles. The Labute approximate surface area is 111 Å². The molecule has 0 aliphatic carbocycles. The van der Waals surface area contributed by atoms with E-state index in [9.17, 15) is 10.2 Å². The first kappa shape index (κ1) is 15.2. The SMILES string of the molecule is CCC(C)(O)C(O)Cc1ccc(C(C)(C)C)cc1. The fourth-order valence-corrected chi connectivity index (χ4v) is 1.82. The molecule has 1 rings (SSSR count). The summed E-state index contributed by atoms with van der Waals surface area (Å²) in [6.07, 6.45) is 0.322. The zero-order valence-electron chi connectivity index (χ0n) is 12.2. The predicted molar refractivity (Wildman–Crippen MR) is 75.8 cm³/mol. The second-order valence-electron chi connectivity index (χ2n) is 6.38. The molecule has 0 aliphatic heterocycles. The number of rotatable bonds is 4. The number of hydrogen-bond acceptors (Lipinski definition) is 2. The van der Waals surface area contributed by atoms with Gasteiger partial charge in [0.15, 0.2) is 0 Å². The molecule has 0 fully saturated rings. The van der Waals surface area contributed by atoms with E-state index in [-0.39, 0.29) is 5.41 Å². The Balaban J connectivity index is 2.76. The molecule has 0 aliphatic rings. The molecule has 2 unspecified atom stereocenters. The summed E-state index contributed by atoms with van der Waals surface area (Å²) in [6.45, 7) is 10.1. The van der Waals surface area contributed by atoms with Crippen LogP contribution in [0, 0.1) is 0 Å². The molecule has 2 N–H and O–H groups in total. The maximum atomic E-state index is 10.0. The van der Waals surface area contributed by atoms with Gasteiger partial charge in [0, 0.05) is 6.42 Å². The van der Waals surface area contributed by atoms with Crippen molar-refractivity contribution >= 4 is 0 Å². The van der Waals surface area contributed by atoms with Crippen molar-refractivity contribution < 1.29 is 10.2 Å². The van der Waals surface area contributed by atoms with Gasteiger partial charge < -0.3 is 10.2 Å². The Bertz CT molecular complexity index is 371. The van der Waals surface area contributed by atoms with Crippen molar-refractivity contribution in [2.45, 2.75) is 64.6 Å². The van der Waals surface area contributed by atoms with Crippen LogP contribution in [0.2, 0.25) is 0 Å². The van der Waals surface area contributed by atoms with Gasteiger partial charge in [0.25, 0.3) is 0 Å². The Hall–Kier alpha value is -0.860. The van der Waals surface area contributed by atoms with E-state index in [0.717, 1.165) is 5.56 Å². The van der Waals surface area contributed by atoms with Crippen LogP contribution < -0.4 is 0 Å². The normalized spacial score (nSPS) is 17.3. The minimum Gasteiger partial charge on any atom is -0.390 e. The van der Waals surface area contributed by atoms with E-state index in [4.69, 9.17) is 0 Å². The molecule has 0 bridgehead atoms. The van der Waals surface area contributed by atoms with Crippen molar-refractivity contribution in [3.8, 4) is 0 Å². The largest absolute Gasteiger partial charge is 0.390 e. The molecule has 0 heterocycles. The monoisotopic (exact) mass is 250 g/mol. The third kappa shape index (κ3) is 3.82. The number of aliphatic hydroxyl groups is 2. The van der Waals surface area contributed by atoms with Gasteiger partial charge in [-0.25, -0.2) is 0 Å². The van der Waals surface area contributed by atoms with Crippen LogP contribution in [0.1, 0.15) is 52.2 Å². The second-order valence-corrected chi connectivity index (χ2v) is 6.38. The highest BCUT2D eigenvalue weighted by molar-refractivity contribution is 5.28. The fraction of sp³-hybridized carbons (Fsp3) is 0.625. The Morgan fingerprint density at radius 2 is 1.56 bits per heavy atom. The zero-order chi connectivity index (χ0) is 14.0. The first-order valence-electron chi connectivity index (χ1n) is 6.66. The summed E-state index contributed by atoms with van der Waals surface area (Å²) < 4.78 is 0. The van der Waals surface area contributed by atoms with Crippen LogP contribution >= 0.6 is 0 Å². The van der Waals surface area contributed by atoms with Crippen molar-refractivity contribution in [1.29, 1.82) is 0 Å². The lowest BCUT2D eigenvalue weighted by atomic mass is 9.85. The van der Waals surface area contributed by atoms with Gasteiger partial charge in [0.1, 0.15) is 0 Å². The summed E-state index contributed by atoms with van der Waals surface area (Å²) in [7, 11) is 0. The van der Waals surface area contributed by atoms with Gasteiger partial charge in [-0.1, -0.05) is 52.0 Å². The zero-order valence-corrected chi connectivity index (χ0v) is 12.2. The molecule has 0 amide bonds. The van der Waals surface area contributed by atoms with Crippen LogP contribution in [0.5, 0.6) is 0 Å². The molecule has 0 aromatic heterocycles. The number of aliphatic hydroxyl groups excluding tert-OH is 1. The first-order valence-corrected chi connectivity index (χ1v) is 6.66. The maximum absolute atomic E-state index is 10.0. The van der Waals surface area contributed by atoms with Gasteiger partial charge in [-0.2, -0.15) is 0 Å². The first-order chi connectivity index (χ1) is 8.16. The van der Waals surface area contributed by atoms with Gasteiger partial charge in [-0.15, -0.1) is 0 Å². The van der Waals surface area contributed by atoms with Crippen molar-refractivity contribution in [3.63, 3.8) is 0 Å². The highest BCUT2D eigenvalue weighted by Gasteiger charge is 2.28. The average molecular weight is 250 g/mol. The summed E-state index contributed by atoms with van der Waals surface area (Å²) in [4.78, 5) is 0. The molecule has 0 saturated heterocycles. The van der Waals surface area contributed by atoms with E-state index in [2.05, 4.69) is 32.9 Å². The summed E-state index contributed by atoms with van der Waals surface area (Å²) in [5.74, 6) is 0. The third-order valence-electron chi connectivity index (χ3n) is 3.68. The maximum Gasteiger partial charge on any atom is 0.0878 e. The molecular formula is C16H26O2. The van der Waals surface area contributed by atoms with Crippen LogP contribution in [-0.2, 0) is 11.8 Å². The molecule has 0 spiro atoms. The highest BCUT2D eigenvalue weighted by Crippen LogP contribution is 2.24. The summed E-state index contributed by atoms with van der Waals surface area (Å²) >= 11 is 0. The highest BCUT2D eigenvalue weighted by atomic mass is 16.3. The summed E-state index contributed by atoms with van der Waals surface area (Å²) in [5, 5.41) is 20.0. The van der Waals surface area contributed by atoms with E-state index in [0.29, 0.717) is 12.8 Å². The quantitative estimate of drug-likeness (QED) is 0.862. The number of benzene rings is 1. The number of hydrogen-bond donors (Lipinski definition) is 2. The van der Waals surface area contributed by atoms with Crippen LogP contribution in [0.3, 0.4) is 0 Å². The van der Waals surface area contributed by atoms with Crippen LogP contribution in [0.25, 0.3) is 0 Å². The summed E-state index contributed by atoms with van der Waals surface area (Å²) in [5.41, 5.74) is 1.47. The Morgan fingerprint density at radius 3 is 1.94 bits per heavy atom. The Kier molecular flexibility index (Phi) is 4.57. The molecule has 2 atom stereocenters. The Morgan fingerprint density at radius 1 is 1.06 bits per heavy atom. The van der Waals surface area contributed by atoms with Gasteiger partial charge in [0.05, 0.1) is 11.7 Å². The van der Waals surface area contributed by atoms with Crippen LogP contribution in [0.4, 0.5) is 0 Å². The lowest BCUT2D eigenvalue weighted by Gasteiger charge is -2.28. The lowest BCUT2D eigenvalue weighted by Crippen LogP contribution is -2.39. The fourth-order valence-electron chi connectivity index (χ4n) is 1.82. The topological polar surface area (TPSA) is 40.5 Å². The van der Waals surface area contributed by atoms with E-state index in [1.807, 2.05) is 19.1 Å². The van der Waals surface area contributed by atoms with E-state index >= 15 is 0 Å². The van der Waals surface area contributed by atoms with Gasteiger partial charge in [-0.3, -0.25) is 0 Å². The standard InChI is InChI=1S/C16H26O2/c1-6-16(5,18)14(17)11-12-7-9-13(10-8-12)15(2,3)4/h7-10,14,17-18H,6,11H2,1-5H3. The smallest absolute Gasteiger partial charge is 0.0878 e. The van der Waals surface area contributed by atoms with E-state index in [1.54, 1.807) is 6.92 Å². The van der Waals surface area contributed by atoms with Gasteiger partial charge in [0.2, 0.25) is 0 Å². The third-order valence-corrected chi connectivity index (χ3v) is 3.68. The molecular weight excluding hydrogens is 224 g/mol. The molecule has 18 heavy (non-hydrogen) atoms. The molecule has 2 heteroatoms. The summed E-state index contributed by atoms with van der Waals surface area (Å²) in [6, 6.07) is 8.27. The minimum atomic E-state index is -1.01. The van der Waals surface area contributed by atoms with Crippen molar-refractivity contribution in [3.05, 3.63) is 35.4 Å². The van der Waals surface area contributed by atoms with Gasteiger partial charge in [-0.05, 0) is 29.9 Å². The molecule has 2 nitrogen and oxygen atoms in total. The van der Waals surface area contributed by atoms with Crippen LogP contribution in [-0.4, -0.2) is 21.9 Å². The van der Waals surface area contributed by atoms with E-state index in [1.165, 1.54) is 5.56 Å². The molecule has 1 aromatic rings. The molecule has 0 radical (unpaired) electrons. The lowest BCUT2D eigenvalue weighted by molar-refractivity contribution is -0.0629. The van der Waals surface area contributed by atoms with Crippen molar-refractivity contribution in [2.24, 2.45) is 0 Å². The molecule has 1 aromatic carbocycles. The van der Waals surface area contributed by atoms with Crippen LogP contribution in [0.15, 0.2) is 24.3 Å². The predicted octanol–water partition coefficient (Wildman–Crippen LogP) is 3.05. The average Bonchev–Trinajstić information content (AvgIpc) is 2.28. The van der Waals surface area contributed by atoms with Crippen molar-refractivity contribution in [2.75, 3.05) is 0 Å². The minimum absolute atomic E-state index is 0.145. The second kappa shape index (κ2) is 5.41.